The minimum Gasteiger partial charge on any atom is -0.372 e. The topological polar surface area (TPSA) is 73.5 Å². The van der Waals surface area contributed by atoms with Gasteiger partial charge in [-0.3, -0.25) is 15.0 Å². The molecule has 0 saturated heterocycles. The van der Waals surface area contributed by atoms with Crippen molar-refractivity contribution in [2.45, 2.75) is 38.8 Å². The van der Waals surface area contributed by atoms with Gasteiger partial charge in [-0.25, -0.2) is 5.43 Å². The summed E-state index contributed by atoms with van der Waals surface area (Å²) in [6.07, 6.45) is 2.02. The van der Waals surface area contributed by atoms with Gasteiger partial charge in [0, 0.05) is 30.4 Å². The molecule has 0 unspecified atom stereocenters. The molecular weight excluding hydrogens is 352 g/mol. The van der Waals surface area contributed by atoms with Crippen LogP contribution < -0.4 is 21.1 Å². The number of hydrogen-bond donors (Lipinski definition) is 3. The first-order chi connectivity index (χ1) is 13.6. The van der Waals surface area contributed by atoms with E-state index in [2.05, 4.69) is 34.9 Å². The highest BCUT2D eigenvalue weighted by atomic mass is 16.2. The van der Waals surface area contributed by atoms with Crippen molar-refractivity contribution < 1.29 is 9.59 Å². The SMILES string of the molecule is CCN(CC)c1ccc(C(=O)NN[C@H](C(=O)NC2CC2)c2ccccc2)cc1. The van der Waals surface area contributed by atoms with Gasteiger partial charge >= 0.3 is 0 Å². The van der Waals surface area contributed by atoms with Crippen LogP contribution >= 0.6 is 0 Å². The van der Waals surface area contributed by atoms with E-state index in [0.29, 0.717) is 5.56 Å². The van der Waals surface area contributed by atoms with E-state index in [-0.39, 0.29) is 17.9 Å². The van der Waals surface area contributed by atoms with E-state index in [9.17, 15) is 9.59 Å². The van der Waals surface area contributed by atoms with Crippen LogP contribution in [-0.4, -0.2) is 30.9 Å². The fraction of sp³-hybridized carbons (Fsp3) is 0.364. The van der Waals surface area contributed by atoms with E-state index in [1.165, 1.54) is 0 Å². The van der Waals surface area contributed by atoms with Crippen LogP contribution in [0.25, 0.3) is 0 Å². The molecule has 3 N–H and O–H groups in total. The largest absolute Gasteiger partial charge is 0.372 e. The first kappa shape index (κ1) is 19.9. The van der Waals surface area contributed by atoms with Gasteiger partial charge in [0.05, 0.1) is 0 Å². The third kappa shape index (κ3) is 5.10. The second kappa shape index (κ2) is 9.37. The third-order valence-corrected chi connectivity index (χ3v) is 4.91. The fourth-order valence-corrected chi connectivity index (χ4v) is 3.08. The van der Waals surface area contributed by atoms with Gasteiger partial charge in [-0.1, -0.05) is 30.3 Å². The van der Waals surface area contributed by atoms with Crippen molar-refractivity contribution in [2.75, 3.05) is 18.0 Å². The maximum absolute atomic E-state index is 12.6. The zero-order valence-corrected chi connectivity index (χ0v) is 16.4. The predicted octanol–water partition coefficient (Wildman–Crippen LogP) is 2.79. The third-order valence-electron chi connectivity index (χ3n) is 4.91. The van der Waals surface area contributed by atoms with E-state index >= 15 is 0 Å². The van der Waals surface area contributed by atoms with Crippen molar-refractivity contribution >= 4 is 17.5 Å². The zero-order valence-electron chi connectivity index (χ0n) is 16.4. The van der Waals surface area contributed by atoms with Crippen LogP contribution in [0, 0.1) is 0 Å². The Morgan fingerprint density at radius 2 is 1.64 bits per heavy atom. The Balaban J connectivity index is 1.65. The highest BCUT2D eigenvalue weighted by Gasteiger charge is 2.28. The summed E-state index contributed by atoms with van der Waals surface area (Å²) in [5, 5.41) is 2.99. The molecule has 0 bridgehead atoms. The molecule has 2 aromatic rings. The number of nitrogens with zero attached hydrogens (tertiary/aromatic N) is 1. The molecule has 6 nitrogen and oxygen atoms in total. The van der Waals surface area contributed by atoms with Crippen LogP contribution in [0.2, 0.25) is 0 Å². The lowest BCUT2D eigenvalue weighted by Gasteiger charge is -2.21. The van der Waals surface area contributed by atoms with Crippen LogP contribution in [0.4, 0.5) is 5.69 Å². The number of amides is 2. The van der Waals surface area contributed by atoms with E-state index in [4.69, 9.17) is 0 Å². The van der Waals surface area contributed by atoms with Gasteiger partial charge in [0.1, 0.15) is 6.04 Å². The smallest absolute Gasteiger partial charge is 0.265 e. The monoisotopic (exact) mass is 380 g/mol. The molecule has 0 heterocycles. The second-order valence-corrected chi connectivity index (χ2v) is 6.94. The minimum absolute atomic E-state index is 0.133. The molecular formula is C22H28N4O2. The molecule has 1 fully saturated rings. The summed E-state index contributed by atoms with van der Waals surface area (Å²) in [7, 11) is 0. The maximum Gasteiger partial charge on any atom is 0.265 e. The summed E-state index contributed by atoms with van der Waals surface area (Å²) in [6, 6.07) is 16.5. The van der Waals surface area contributed by atoms with Crippen molar-refractivity contribution in [3.05, 3.63) is 65.7 Å². The van der Waals surface area contributed by atoms with E-state index in [1.807, 2.05) is 42.5 Å². The van der Waals surface area contributed by atoms with Crippen LogP contribution in [0.1, 0.15) is 48.7 Å². The number of anilines is 1. The number of carbonyl (C=O) groups is 2. The molecule has 1 atom stereocenters. The van der Waals surface area contributed by atoms with Crippen LogP contribution in [0.5, 0.6) is 0 Å². The lowest BCUT2D eigenvalue weighted by molar-refractivity contribution is -0.123. The van der Waals surface area contributed by atoms with Gasteiger partial charge in [-0.2, -0.15) is 0 Å². The van der Waals surface area contributed by atoms with Gasteiger partial charge < -0.3 is 10.2 Å². The maximum atomic E-state index is 12.6. The molecule has 2 amide bonds. The Morgan fingerprint density at radius 1 is 1.00 bits per heavy atom. The van der Waals surface area contributed by atoms with Crippen LogP contribution in [0.3, 0.4) is 0 Å². The number of nitrogens with one attached hydrogen (secondary N) is 3. The molecule has 2 aromatic carbocycles. The normalized spacial score (nSPS) is 14.2. The Kier molecular flexibility index (Phi) is 6.66. The standard InChI is InChI=1S/C22H28N4O2/c1-3-26(4-2)19-14-10-17(11-15-19)21(27)25-24-20(16-8-6-5-7-9-16)22(28)23-18-12-13-18/h5-11,14-15,18,20,24H,3-4,12-13H2,1-2H3,(H,23,28)(H,25,27)/t20-/m0/s1. The summed E-state index contributed by atoms with van der Waals surface area (Å²) in [5.74, 6) is -0.405. The molecule has 6 heteroatoms. The first-order valence-corrected chi connectivity index (χ1v) is 9.88. The molecule has 0 spiro atoms. The molecule has 3 rings (SSSR count). The number of hydrogen-bond acceptors (Lipinski definition) is 4. The predicted molar refractivity (Wildman–Crippen MR) is 111 cm³/mol. The van der Waals surface area contributed by atoms with Crippen LogP contribution in [-0.2, 0) is 4.79 Å². The van der Waals surface area contributed by atoms with Gasteiger partial charge in [-0.05, 0) is 56.5 Å². The zero-order chi connectivity index (χ0) is 19.9. The van der Waals surface area contributed by atoms with Crippen molar-refractivity contribution in [3.8, 4) is 0 Å². The van der Waals surface area contributed by atoms with E-state index < -0.39 is 6.04 Å². The average molecular weight is 380 g/mol. The average Bonchev–Trinajstić information content (AvgIpc) is 3.54. The summed E-state index contributed by atoms with van der Waals surface area (Å²) in [4.78, 5) is 27.4. The molecule has 1 saturated carbocycles. The quantitative estimate of drug-likeness (QED) is 0.585. The summed E-state index contributed by atoms with van der Waals surface area (Å²) in [6.45, 7) is 6.03. The number of carbonyl (C=O) groups excluding carboxylic acids is 2. The van der Waals surface area contributed by atoms with Gasteiger partial charge in [0.2, 0.25) is 5.91 Å². The molecule has 1 aliphatic rings. The fourth-order valence-electron chi connectivity index (χ4n) is 3.08. The number of benzene rings is 2. The Hall–Kier alpha value is -2.86. The number of rotatable bonds is 9. The highest BCUT2D eigenvalue weighted by molar-refractivity contribution is 5.94. The molecule has 0 aliphatic heterocycles. The lowest BCUT2D eigenvalue weighted by atomic mass is 10.1. The van der Waals surface area contributed by atoms with Gasteiger partial charge in [-0.15, -0.1) is 0 Å². The van der Waals surface area contributed by atoms with E-state index in [1.54, 1.807) is 12.1 Å². The van der Waals surface area contributed by atoms with E-state index in [0.717, 1.165) is 37.2 Å². The van der Waals surface area contributed by atoms with Gasteiger partial charge in [0.15, 0.2) is 0 Å². The summed E-state index contributed by atoms with van der Waals surface area (Å²) in [5.41, 5.74) is 8.02. The van der Waals surface area contributed by atoms with Crippen molar-refractivity contribution in [1.82, 2.24) is 16.2 Å². The lowest BCUT2D eigenvalue weighted by Crippen LogP contribution is -2.46. The van der Waals surface area contributed by atoms with Crippen molar-refractivity contribution in [3.63, 3.8) is 0 Å². The molecule has 1 aliphatic carbocycles. The van der Waals surface area contributed by atoms with Crippen LogP contribution in [0.15, 0.2) is 54.6 Å². The Bertz CT molecular complexity index is 784. The highest BCUT2D eigenvalue weighted by Crippen LogP contribution is 2.21. The Morgan fingerprint density at radius 3 is 2.21 bits per heavy atom. The molecule has 0 radical (unpaired) electrons. The minimum atomic E-state index is -0.638. The number of hydrazine groups is 1. The second-order valence-electron chi connectivity index (χ2n) is 6.94. The van der Waals surface area contributed by atoms with Crippen molar-refractivity contribution in [2.24, 2.45) is 0 Å². The molecule has 0 aromatic heterocycles. The Labute approximate surface area is 166 Å². The van der Waals surface area contributed by atoms with Crippen molar-refractivity contribution in [1.29, 1.82) is 0 Å². The molecule has 28 heavy (non-hydrogen) atoms. The molecule has 148 valence electrons. The summed E-state index contributed by atoms with van der Waals surface area (Å²) >= 11 is 0. The first-order valence-electron chi connectivity index (χ1n) is 9.88. The van der Waals surface area contributed by atoms with Gasteiger partial charge in [0.25, 0.3) is 5.91 Å². The summed E-state index contributed by atoms with van der Waals surface area (Å²) < 4.78 is 0.